The first-order valence-corrected chi connectivity index (χ1v) is 11.2. The van der Waals surface area contributed by atoms with E-state index in [4.69, 9.17) is 17.3 Å². The van der Waals surface area contributed by atoms with Crippen molar-refractivity contribution in [3.05, 3.63) is 77.9 Å². The Balaban J connectivity index is 1.99. The van der Waals surface area contributed by atoms with Crippen molar-refractivity contribution < 1.29 is 9.72 Å². The molecule has 32 heavy (non-hydrogen) atoms. The average molecular weight is 469 g/mol. The molecule has 1 aliphatic heterocycles. The van der Waals surface area contributed by atoms with E-state index in [0.29, 0.717) is 29.8 Å². The Hall–Kier alpha value is -3.15. The number of carbonyl (C=O) groups excluding carboxylic acids is 1. The normalized spacial score (nSPS) is 20.3. The molecule has 0 saturated carbocycles. The van der Waals surface area contributed by atoms with Crippen LogP contribution in [-0.4, -0.2) is 10.7 Å². The van der Waals surface area contributed by atoms with E-state index in [1.807, 2.05) is 32.9 Å². The summed E-state index contributed by atoms with van der Waals surface area (Å²) < 4.78 is 0. The molecular weight excluding hydrogens is 448 g/mol. The maximum atomic E-state index is 13.4. The van der Waals surface area contributed by atoms with Crippen molar-refractivity contribution in [3.8, 4) is 6.07 Å². The number of nitro groups is 1. The number of halogens is 1. The quantitative estimate of drug-likeness (QED) is 0.466. The van der Waals surface area contributed by atoms with Crippen LogP contribution in [0.2, 0.25) is 5.02 Å². The smallest absolute Gasteiger partial charge is 0.271 e. The molecule has 2 heterocycles. The summed E-state index contributed by atoms with van der Waals surface area (Å²) in [6.07, 6.45) is 0.898. The van der Waals surface area contributed by atoms with Gasteiger partial charge in [0, 0.05) is 39.6 Å². The number of anilines is 1. The van der Waals surface area contributed by atoms with Gasteiger partial charge in [-0.25, -0.2) is 0 Å². The van der Waals surface area contributed by atoms with Gasteiger partial charge in [0.05, 0.1) is 33.2 Å². The molecule has 2 aromatic rings. The van der Waals surface area contributed by atoms with Gasteiger partial charge >= 0.3 is 0 Å². The van der Waals surface area contributed by atoms with Gasteiger partial charge in [0.1, 0.15) is 5.82 Å². The monoisotopic (exact) mass is 468 g/mol. The fourth-order valence-corrected chi connectivity index (χ4v) is 5.72. The van der Waals surface area contributed by atoms with Gasteiger partial charge in [-0.2, -0.15) is 5.26 Å². The molecule has 1 atom stereocenters. The highest BCUT2D eigenvalue weighted by atomic mass is 35.5. The zero-order chi connectivity index (χ0) is 23.4. The van der Waals surface area contributed by atoms with Gasteiger partial charge in [0.2, 0.25) is 0 Å². The van der Waals surface area contributed by atoms with Crippen LogP contribution in [0.4, 0.5) is 11.4 Å². The molecule has 4 rings (SSSR count). The SMILES string of the molecule is Cc1ccc(C2C(C#N)=C(N)N(c3ccc([N+](=O)[O-])cc3Cl)C3=C2C(=O)CC(C)(C)C3)s1. The van der Waals surface area contributed by atoms with Crippen LogP contribution in [0.25, 0.3) is 0 Å². The van der Waals surface area contributed by atoms with E-state index in [9.17, 15) is 20.2 Å². The minimum Gasteiger partial charge on any atom is -0.384 e. The van der Waals surface area contributed by atoms with E-state index < -0.39 is 10.8 Å². The second-order valence-electron chi connectivity index (χ2n) is 8.82. The topological polar surface area (TPSA) is 113 Å². The van der Waals surface area contributed by atoms with Crippen LogP contribution in [0.15, 0.2) is 53.0 Å². The van der Waals surface area contributed by atoms with Crippen LogP contribution in [-0.2, 0) is 4.79 Å². The van der Waals surface area contributed by atoms with Crippen LogP contribution in [0, 0.1) is 33.8 Å². The number of carbonyl (C=O) groups is 1. The first-order valence-electron chi connectivity index (χ1n) is 10.0. The lowest BCUT2D eigenvalue weighted by atomic mass is 9.69. The summed E-state index contributed by atoms with van der Waals surface area (Å²) in [7, 11) is 0. The molecule has 0 amide bonds. The lowest BCUT2D eigenvalue weighted by Gasteiger charge is -2.43. The van der Waals surface area contributed by atoms with Crippen molar-refractivity contribution in [2.45, 2.75) is 39.5 Å². The highest BCUT2D eigenvalue weighted by Crippen LogP contribution is 2.52. The third-order valence-corrected chi connectivity index (χ3v) is 7.18. The van der Waals surface area contributed by atoms with E-state index in [1.165, 1.54) is 29.5 Å². The van der Waals surface area contributed by atoms with Crippen molar-refractivity contribution >= 4 is 40.1 Å². The van der Waals surface area contributed by atoms with Crippen LogP contribution in [0.5, 0.6) is 0 Å². The molecule has 1 aromatic heterocycles. The zero-order valence-corrected chi connectivity index (χ0v) is 19.4. The van der Waals surface area contributed by atoms with Gasteiger partial charge in [-0.1, -0.05) is 25.4 Å². The number of benzene rings is 1. The lowest BCUT2D eigenvalue weighted by Crippen LogP contribution is -2.42. The Morgan fingerprint density at radius 3 is 2.59 bits per heavy atom. The average Bonchev–Trinajstić information content (AvgIpc) is 3.12. The van der Waals surface area contributed by atoms with Gasteiger partial charge in [-0.05, 0) is 37.0 Å². The van der Waals surface area contributed by atoms with Crippen LogP contribution in [0.3, 0.4) is 0 Å². The molecule has 1 aromatic carbocycles. The standard InChI is InChI=1S/C23H21ClN4O3S/c1-12-4-7-19(32-12)20-14(11-25)22(26)27(16-6-5-13(28(30)31)8-15(16)24)17-9-23(2,3)10-18(29)21(17)20/h4-8,20H,9-10,26H2,1-3H3. The number of nitrogens with zero attached hydrogens (tertiary/aromatic N) is 3. The maximum absolute atomic E-state index is 13.4. The number of hydrogen-bond acceptors (Lipinski definition) is 7. The maximum Gasteiger partial charge on any atom is 0.271 e. The number of nitrogens with two attached hydrogens (primary N) is 1. The zero-order valence-electron chi connectivity index (χ0n) is 17.8. The van der Waals surface area contributed by atoms with Crippen molar-refractivity contribution in [1.29, 1.82) is 5.26 Å². The van der Waals surface area contributed by atoms with E-state index in [1.54, 1.807) is 4.90 Å². The largest absolute Gasteiger partial charge is 0.384 e. The number of nitro benzene ring substituents is 1. The number of nitriles is 1. The Kier molecular flexibility index (Phi) is 5.35. The second kappa shape index (κ2) is 7.76. The number of non-ortho nitro benzene ring substituents is 1. The Bertz CT molecular complexity index is 1270. The Morgan fingerprint density at radius 1 is 1.31 bits per heavy atom. The number of rotatable bonds is 3. The predicted octanol–water partition coefficient (Wildman–Crippen LogP) is 5.56. The molecule has 0 spiro atoms. The fourth-order valence-electron chi connectivity index (χ4n) is 4.47. The molecule has 2 N–H and O–H groups in total. The molecule has 1 unspecified atom stereocenters. The van der Waals surface area contributed by atoms with Crippen molar-refractivity contribution in [1.82, 2.24) is 0 Å². The van der Waals surface area contributed by atoms with Gasteiger partial charge in [-0.15, -0.1) is 11.3 Å². The third-order valence-electron chi connectivity index (χ3n) is 5.81. The molecule has 7 nitrogen and oxygen atoms in total. The molecule has 0 fully saturated rings. The minimum atomic E-state index is -0.537. The van der Waals surface area contributed by atoms with Crippen molar-refractivity contribution in [2.75, 3.05) is 4.90 Å². The summed E-state index contributed by atoms with van der Waals surface area (Å²) in [6, 6.07) is 10.2. The van der Waals surface area contributed by atoms with Crippen LogP contribution >= 0.6 is 22.9 Å². The minimum absolute atomic E-state index is 0.0319. The summed E-state index contributed by atoms with van der Waals surface area (Å²) in [5.74, 6) is -0.385. The Morgan fingerprint density at radius 2 is 2.03 bits per heavy atom. The van der Waals surface area contributed by atoms with E-state index in [0.717, 1.165) is 9.75 Å². The molecule has 164 valence electrons. The molecule has 1 aliphatic carbocycles. The number of aryl methyl sites for hydroxylation is 1. The van der Waals surface area contributed by atoms with Crippen LogP contribution < -0.4 is 10.6 Å². The van der Waals surface area contributed by atoms with Gasteiger partial charge < -0.3 is 5.73 Å². The molecule has 9 heteroatoms. The highest BCUT2D eigenvalue weighted by Gasteiger charge is 2.45. The van der Waals surface area contributed by atoms with Gasteiger partial charge in [0.15, 0.2) is 5.78 Å². The molecular formula is C23H21ClN4O3S. The number of Topliss-reactive ketones (excluding diaryl/α,β-unsaturated/α-hetero) is 1. The lowest BCUT2D eigenvalue weighted by molar-refractivity contribution is -0.384. The van der Waals surface area contributed by atoms with Crippen molar-refractivity contribution in [2.24, 2.45) is 11.1 Å². The van der Waals surface area contributed by atoms with E-state index in [-0.39, 0.29) is 33.3 Å². The number of allylic oxidation sites excluding steroid dienone is 3. The second-order valence-corrected chi connectivity index (χ2v) is 10.5. The summed E-state index contributed by atoms with van der Waals surface area (Å²) >= 11 is 7.98. The number of thiophene rings is 1. The summed E-state index contributed by atoms with van der Waals surface area (Å²) in [4.78, 5) is 27.7. The Labute approximate surface area is 194 Å². The summed E-state index contributed by atoms with van der Waals surface area (Å²) in [5.41, 5.74) is 8.00. The first kappa shape index (κ1) is 22.1. The van der Waals surface area contributed by atoms with E-state index in [2.05, 4.69) is 6.07 Å². The summed E-state index contributed by atoms with van der Waals surface area (Å²) in [6.45, 7) is 5.99. The highest BCUT2D eigenvalue weighted by molar-refractivity contribution is 7.12. The third kappa shape index (κ3) is 3.57. The molecule has 0 bridgehead atoms. The van der Waals surface area contributed by atoms with E-state index >= 15 is 0 Å². The van der Waals surface area contributed by atoms with Crippen molar-refractivity contribution in [3.63, 3.8) is 0 Å². The molecule has 0 radical (unpaired) electrons. The number of hydrogen-bond donors (Lipinski definition) is 1. The molecule has 0 saturated heterocycles. The van der Waals surface area contributed by atoms with Gasteiger partial charge in [-0.3, -0.25) is 19.8 Å². The summed E-state index contributed by atoms with van der Waals surface area (Å²) in [5, 5.41) is 21.3. The van der Waals surface area contributed by atoms with Crippen LogP contribution in [0.1, 0.15) is 42.4 Å². The fraction of sp³-hybridized carbons (Fsp3) is 0.304. The predicted molar refractivity (Wildman–Crippen MR) is 124 cm³/mol. The number of ketones is 1. The molecule has 2 aliphatic rings. The van der Waals surface area contributed by atoms with Gasteiger partial charge in [0.25, 0.3) is 5.69 Å². The first-order chi connectivity index (χ1) is 15.0.